The van der Waals surface area contributed by atoms with E-state index in [-0.39, 0.29) is 5.91 Å². The number of rotatable bonds is 1. The van der Waals surface area contributed by atoms with Crippen LogP contribution in [0.4, 0.5) is 5.69 Å². The summed E-state index contributed by atoms with van der Waals surface area (Å²) in [5.74, 6) is -0.0929. The van der Waals surface area contributed by atoms with Gasteiger partial charge in [-0.05, 0) is 36.6 Å². The van der Waals surface area contributed by atoms with Crippen LogP contribution in [-0.2, 0) is 6.42 Å². The van der Waals surface area contributed by atoms with E-state index < -0.39 is 0 Å². The maximum absolute atomic E-state index is 12.7. The van der Waals surface area contributed by atoms with Crippen molar-refractivity contribution in [1.82, 2.24) is 0 Å². The third-order valence-electron chi connectivity index (χ3n) is 3.54. The van der Waals surface area contributed by atoms with E-state index in [1.54, 1.807) is 23.1 Å². The Morgan fingerprint density at radius 1 is 1.05 bits per heavy atom. The average molecular weight is 306 g/mol. The number of anilines is 1. The zero-order valence-electron chi connectivity index (χ0n) is 10.8. The molecule has 0 aliphatic carbocycles. The van der Waals surface area contributed by atoms with E-state index in [9.17, 15) is 4.79 Å². The summed E-state index contributed by atoms with van der Waals surface area (Å²) in [4.78, 5) is 14.5. The Hall–Kier alpha value is -1.51. The minimum absolute atomic E-state index is 0.0929. The van der Waals surface area contributed by atoms with Crippen molar-refractivity contribution in [3.8, 4) is 0 Å². The number of benzene rings is 2. The van der Waals surface area contributed by atoms with Gasteiger partial charge in [-0.25, -0.2) is 0 Å². The number of nitrogens with zero attached hydrogens (tertiary/aromatic N) is 1. The summed E-state index contributed by atoms with van der Waals surface area (Å²) in [5.41, 5.74) is 2.63. The second kappa shape index (κ2) is 5.47. The van der Waals surface area contributed by atoms with Gasteiger partial charge in [0, 0.05) is 12.2 Å². The van der Waals surface area contributed by atoms with Crippen molar-refractivity contribution < 1.29 is 4.79 Å². The van der Waals surface area contributed by atoms with Gasteiger partial charge in [0.05, 0.1) is 15.6 Å². The lowest BCUT2D eigenvalue weighted by Crippen LogP contribution is -2.35. The van der Waals surface area contributed by atoms with Crippen molar-refractivity contribution in [2.24, 2.45) is 0 Å². The molecule has 1 heterocycles. The lowest BCUT2D eigenvalue weighted by Gasteiger charge is -2.29. The third-order valence-corrected chi connectivity index (χ3v) is 4.36. The van der Waals surface area contributed by atoms with Crippen LogP contribution in [0.3, 0.4) is 0 Å². The van der Waals surface area contributed by atoms with E-state index in [1.807, 2.05) is 18.2 Å². The van der Waals surface area contributed by atoms with Gasteiger partial charge in [-0.1, -0.05) is 47.5 Å². The summed E-state index contributed by atoms with van der Waals surface area (Å²) in [5, 5.41) is 0.727. The highest BCUT2D eigenvalue weighted by Gasteiger charge is 2.25. The number of para-hydroxylation sites is 1. The lowest BCUT2D eigenvalue weighted by molar-refractivity contribution is 0.0985. The summed E-state index contributed by atoms with van der Waals surface area (Å²) in [7, 11) is 0. The Morgan fingerprint density at radius 2 is 1.85 bits per heavy atom. The van der Waals surface area contributed by atoms with Crippen LogP contribution in [0.25, 0.3) is 0 Å². The van der Waals surface area contributed by atoms with Crippen LogP contribution in [0.5, 0.6) is 0 Å². The smallest absolute Gasteiger partial charge is 0.259 e. The molecular formula is C16H13Cl2NO. The molecule has 0 N–H and O–H groups in total. The number of fused-ring (bicyclic) bond motifs is 1. The first-order chi connectivity index (χ1) is 9.68. The topological polar surface area (TPSA) is 20.3 Å². The van der Waals surface area contributed by atoms with E-state index in [2.05, 4.69) is 6.07 Å². The maximum atomic E-state index is 12.7. The molecule has 0 aromatic heterocycles. The molecule has 1 aliphatic heterocycles. The maximum Gasteiger partial charge on any atom is 0.259 e. The molecule has 0 saturated heterocycles. The molecule has 0 fully saturated rings. The van der Waals surface area contributed by atoms with Crippen LogP contribution in [0.1, 0.15) is 22.3 Å². The second-order valence-electron chi connectivity index (χ2n) is 4.79. The number of aryl methyl sites for hydroxylation is 1. The van der Waals surface area contributed by atoms with Crippen molar-refractivity contribution in [2.45, 2.75) is 12.8 Å². The lowest BCUT2D eigenvalue weighted by atomic mass is 10.0. The van der Waals surface area contributed by atoms with E-state index >= 15 is 0 Å². The number of hydrogen-bond acceptors (Lipinski definition) is 1. The second-order valence-corrected chi connectivity index (χ2v) is 5.58. The molecule has 2 aromatic carbocycles. The normalized spacial score (nSPS) is 14.0. The monoisotopic (exact) mass is 305 g/mol. The molecule has 0 unspecified atom stereocenters. The predicted octanol–water partition coefficient (Wildman–Crippen LogP) is 4.59. The average Bonchev–Trinajstić information content (AvgIpc) is 2.49. The van der Waals surface area contributed by atoms with Crippen LogP contribution in [0.2, 0.25) is 10.0 Å². The summed E-state index contributed by atoms with van der Waals surface area (Å²) in [6.45, 7) is 0.707. The number of carbonyl (C=O) groups excluding carboxylic acids is 1. The Kier molecular flexibility index (Phi) is 3.68. The first kappa shape index (κ1) is 13.5. The van der Waals surface area contributed by atoms with Crippen molar-refractivity contribution in [3.63, 3.8) is 0 Å². The SMILES string of the molecule is O=C(c1cccc(Cl)c1Cl)N1CCCc2ccccc21. The van der Waals surface area contributed by atoms with Gasteiger partial charge in [0.1, 0.15) is 0 Å². The van der Waals surface area contributed by atoms with Gasteiger partial charge in [-0.2, -0.15) is 0 Å². The Labute approximate surface area is 127 Å². The van der Waals surface area contributed by atoms with Crippen molar-refractivity contribution in [2.75, 3.05) is 11.4 Å². The van der Waals surface area contributed by atoms with Crippen molar-refractivity contribution in [1.29, 1.82) is 0 Å². The molecule has 0 radical (unpaired) electrons. The summed E-state index contributed by atoms with van der Waals surface area (Å²) in [6.07, 6.45) is 1.96. The first-order valence-corrected chi connectivity index (χ1v) is 7.28. The van der Waals surface area contributed by atoms with E-state index in [1.165, 1.54) is 5.56 Å². The summed E-state index contributed by atoms with van der Waals surface area (Å²) in [6, 6.07) is 13.1. The minimum atomic E-state index is -0.0929. The zero-order valence-corrected chi connectivity index (χ0v) is 12.3. The quantitative estimate of drug-likeness (QED) is 0.755. The fourth-order valence-corrected chi connectivity index (χ4v) is 2.94. The van der Waals surface area contributed by atoms with Crippen LogP contribution in [0.15, 0.2) is 42.5 Å². The van der Waals surface area contributed by atoms with Gasteiger partial charge in [-0.15, -0.1) is 0 Å². The van der Waals surface area contributed by atoms with Crippen LogP contribution in [-0.4, -0.2) is 12.5 Å². The standard InChI is InChI=1S/C16H13Cl2NO/c17-13-8-3-7-12(15(13)18)16(20)19-10-4-6-11-5-1-2-9-14(11)19/h1-3,5,7-9H,4,6,10H2. The zero-order chi connectivity index (χ0) is 14.1. The van der Waals surface area contributed by atoms with E-state index in [4.69, 9.17) is 23.2 Å². The van der Waals surface area contributed by atoms with Gasteiger partial charge in [-0.3, -0.25) is 4.79 Å². The molecule has 2 nitrogen and oxygen atoms in total. The number of amides is 1. The van der Waals surface area contributed by atoms with Gasteiger partial charge >= 0.3 is 0 Å². The molecule has 0 bridgehead atoms. The van der Waals surface area contributed by atoms with Crippen LogP contribution in [0, 0.1) is 0 Å². The number of halogens is 2. The molecule has 1 amide bonds. The third kappa shape index (κ3) is 2.30. The van der Waals surface area contributed by atoms with Crippen LogP contribution < -0.4 is 4.90 Å². The molecule has 1 aliphatic rings. The molecule has 3 rings (SSSR count). The van der Waals surface area contributed by atoms with Gasteiger partial charge in [0.2, 0.25) is 0 Å². The highest BCUT2D eigenvalue weighted by molar-refractivity contribution is 6.44. The van der Waals surface area contributed by atoms with Crippen molar-refractivity contribution >= 4 is 34.8 Å². The molecule has 0 spiro atoms. The molecular weight excluding hydrogens is 293 g/mol. The predicted molar refractivity (Wildman–Crippen MR) is 82.9 cm³/mol. The molecule has 4 heteroatoms. The summed E-state index contributed by atoms with van der Waals surface area (Å²) < 4.78 is 0. The van der Waals surface area contributed by atoms with Gasteiger partial charge in [0.15, 0.2) is 0 Å². The molecule has 2 aromatic rings. The molecule has 0 saturated carbocycles. The number of hydrogen-bond donors (Lipinski definition) is 0. The van der Waals surface area contributed by atoms with Gasteiger partial charge < -0.3 is 4.90 Å². The molecule has 0 atom stereocenters. The fraction of sp³-hybridized carbons (Fsp3) is 0.188. The Morgan fingerprint density at radius 3 is 2.70 bits per heavy atom. The minimum Gasteiger partial charge on any atom is -0.308 e. The first-order valence-electron chi connectivity index (χ1n) is 6.52. The highest BCUT2D eigenvalue weighted by atomic mass is 35.5. The summed E-state index contributed by atoms with van der Waals surface area (Å²) >= 11 is 12.1. The largest absolute Gasteiger partial charge is 0.308 e. The van der Waals surface area contributed by atoms with Gasteiger partial charge in [0.25, 0.3) is 5.91 Å². The fourth-order valence-electron chi connectivity index (χ4n) is 2.56. The number of carbonyl (C=O) groups is 1. The Balaban J connectivity index is 2.02. The molecule has 102 valence electrons. The van der Waals surface area contributed by atoms with E-state index in [0.29, 0.717) is 22.2 Å². The Bertz CT molecular complexity index is 669. The van der Waals surface area contributed by atoms with E-state index in [0.717, 1.165) is 18.5 Å². The highest BCUT2D eigenvalue weighted by Crippen LogP contribution is 2.31. The molecule has 20 heavy (non-hydrogen) atoms. The van der Waals surface area contributed by atoms with Crippen molar-refractivity contribution in [3.05, 3.63) is 63.6 Å². The van der Waals surface area contributed by atoms with Crippen LogP contribution >= 0.6 is 23.2 Å².